The summed E-state index contributed by atoms with van der Waals surface area (Å²) in [7, 11) is 0. The molecule has 0 aliphatic carbocycles. The van der Waals surface area contributed by atoms with Crippen molar-refractivity contribution in [3.63, 3.8) is 0 Å². The number of hydrogen-bond donors (Lipinski definition) is 1. The fourth-order valence-electron chi connectivity index (χ4n) is 2.04. The maximum Gasteiger partial charge on any atom is 0.0660 e. The Balaban J connectivity index is 2.85. The van der Waals surface area contributed by atoms with Crippen LogP contribution in [0.3, 0.4) is 0 Å². The molecule has 0 radical (unpaired) electrons. The number of rotatable bonds is 6. The van der Waals surface area contributed by atoms with E-state index < -0.39 is 0 Å². The summed E-state index contributed by atoms with van der Waals surface area (Å²) < 4.78 is 0. The average Bonchev–Trinajstić information content (AvgIpc) is 2.32. The highest BCUT2D eigenvalue weighted by Crippen LogP contribution is 2.28. The van der Waals surface area contributed by atoms with Crippen LogP contribution in [-0.2, 0) is 0 Å². The Kier molecular flexibility index (Phi) is 5.63. The van der Waals surface area contributed by atoms with Gasteiger partial charge in [0.15, 0.2) is 0 Å². The van der Waals surface area contributed by atoms with Gasteiger partial charge < -0.3 is 10.6 Å². The number of benzene rings is 1. The fraction of sp³-hybridized carbons (Fsp3) is 0.571. The van der Waals surface area contributed by atoms with E-state index in [9.17, 15) is 0 Å². The van der Waals surface area contributed by atoms with Gasteiger partial charge in [0, 0.05) is 18.8 Å². The summed E-state index contributed by atoms with van der Waals surface area (Å²) in [6, 6.07) is 5.76. The zero-order valence-corrected chi connectivity index (χ0v) is 11.8. The number of nitrogen functional groups attached to an aromatic ring is 1. The third-order valence-electron chi connectivity index (χ3n) is 3.33. The number of nitrogens with two attached hydrogens (primary N) is 1. The molecule has 0 aliphatic rings. The van der Waals surface area contributed by atoms with E-state index >= 15 is 0 Å². The van der Waals surface area contributed by atoms with E-state index in [1.807, 2.05) is 18.2 Å². The van der Waals surface area contributed by atoms with Gasteiger partial charge in [-0.2, -0.15) is 0 Å². The van der Waals surface area contributed by atoms with E-state index in [1.54, 1.807) is 0 Å². The number of halogens is 1. The topological polar surface area (TPSA) is 29.3 Å². The second kappa shape index (κ2) is 6.75. The van der Waals surface area contributed by atoms with Crippen molar-refractivity contribution < 1.29 is 0 Å². The van der Waals surface area contributed by atoms with Crippen molar-refractivity contribution in [1.29, 1.82) is 0 Å². The Hall–Kier alpha value is -0.890. The molecule has 0 atom stereocenters. The molecule has 0 saturated carbocycles. The van der Waals surface area contributed by atoms with Gasteiger partial charge in [-0.15, -0.1) is 0 Å². The summed E-state index contributed by atoms with van der Waals surface area (Å²) in [6.07, 6.45) is 2.42. The molecule has 0 aromatic heterocycles. The molecule has 1 aromatic carbocycles. The molecular formula is C14H23ClN2. The van der Waals surface area contributed by atoms with Crippen LogP contribution in [-0.4, -0.2) is 13.1 Å². The minimum Gasteiger partial charge on any atom is -0.399 e. The Morgan fingerprint density at radius 1 is 1.24 bits per heavy atom. The summed E-state index contributed by atoms with van der Waals surface area (Å²) >= 11 is 6.25. The molecule has 2 N–H and O–H groups in total. The van der Waals surface area contributed by atoms with E-state index in [0.29, 0.717) is 0 Å². The number of nitrogens with zero attached hydrogens (tertiary/aromatic N) is 1. The lowest BCUT2D eigenvalue weighted by Crippen LogP contribution is -2.29. The van der Waals surface area contributed by atoms with Crippen LogP contribution in [0, 0.1) is 5.92 Å². The van der Waals surface area contributed by atoms with Gasteiger partial charge >= 0.3 is 0 Å². The molecule has 96 valence electrons. The molecular weight excluding hydrogens is 232 g/mol. The third kappa shape index (κ3) is 3.81. The van der Waals surface area contributed by atoms with Crippen molar-refractivity contribution in [3.8, 4) is 0 Å². The standard InChI is InChI=1S/C14H23ClN2/c1-4-11(5-2)10-17(6-3)14-8-7-12(16)9-13(14)15/h7-9,11H,4-6,10,16H2,1-3H3. The lowest BCUT2D eigenvalue weighted by molar-refractivity contribution is 0.486. The van der Waals surface area contributed by atoms with Crippen molar-refractivity contribution >= 4 is 23.0 Å². The first kappa shape index (κ1) is 14.2. The lowest BCUT2D eigenvalue weighted by atomic mass is 10.0. The molecule has 0 fully saturated rings. The highest BCUT2D eigenvalue weighted by molar-refractivity contribution is 6.33. The number of hydrogen-bond acceptors (Lipinski definition) is 2. The molecule has 0 spiro atoms. The minimum atomic E-state index is 0.720. The highest BCUT2D eigenvalue weighted by Gasteiger charge is 2.13. The lowest BCUT2D eigenvalue weighted by Gasteiger charge is -2.28. The van der Waals surface area contributed by atoms with Crippen molar-refractivity contribution in [2.45, 2.75) is 33.6 Å². The summed E-state index contributed by atoms with van der Waals surface area (Å²) in [6.45, 7) is 8.68. The molecule has 0 aliphatic heterocycles. The molecule has 0 saturated heterocycles. The molecule has 1 rings (SSSR count). The van der Waals surface area contributed by atoms with Crippen LogP contribution in [0.1, 0.15) is 33.6 Å². The first-order valence-corrected chi connectivity index (χ1v) is 6.80. The monoisotopic (exact) mass is 254 g/mol. The average molecular weight is 255 g/mol. The first-order valence-electron chi connectivity index (χ1n) is 6.42. The van der Waals surface area contributed by atoms with Crippen LogP contribution in [0.25, 0.3) is 0 Å². The Labute approximate surface area is 110 Å². The molecule has 17 heavy (non-hydrogen) atoms. The van der Waals surface area contributed by atoms with Gasteiger partial charge in [0.1, 0.15) is 0 Å². The Morgan fingerprint density at radius 3 is 2.35 bits per heavy atom. The second-order valence-corrected chi connectivity index (χ2v) is 4.84. The van der Waals surface area contributed by atoms with Crippen molar-refractivity contribution in [2.75, 3.05) is 23.7 Å². The van der Waals surface area contributed by atoms with E-state index in [1.165, 1.54) is 12.8 Å². The van der Waals surface area contributed by atoms with Crippen LogP contribution in [0.2, 0.25) is 5.02 Å². The van der Waals surface area contributed by atoms with Crippen molar-refractivity contribution in [1.82, 2.24) is 0 Å². The smallest absolute Gasteiger partial charge is 0.0660 e. The zero-order valence-electron chi connectivity index (χ0n) is 11.0. The summed E-state index contributed by atoms with van der Waals surface area (Å²) in [4.78, 5) is 2.33. The predicted octanol–water partition coefficient (Wildman–Crippen LogP) is 4.18. The Bertz CT molecular complexity index is 348. The third-order valence-corrected chi connectivity index (χ3v) is 3.63. The van der Waals surface area contributed by atoms with E-state index in [4.69, 9.17) is 17.3 Å². The van der Waals surface area contributed by atoms with Gasteiger partial charge in [0.05, 0.1) is 10.7 Å². The maximum absolute atomic E-state index is 6.25. The second-order valence-electron chi connectivity index (χ2n) is 4.43. The van der Waals surface area contributed by atoms with Gasteiger partial charge in [-0.3, -0.25) is 0 Å². The van der Waals surface area contributed by atoms with Gasteiger partial charge in [-0.25, -0.2) is 0 Å². The van der Waals surface area contributed by atoms with Crippen LogP contribution in [0.4, 0.5) is 11.4 Å². The van der Waals surface area contributed by atoms with Crippen LogP contribution < -0.4 is 10.6 Å². The molecule has 0 amide bonds. The number of anilines is 2. The molecule has 0 heterocycles. The van der Waals surface area contributed by atoms with Gasteiger partial charge in [-0.1, -0.05) is 38.3 Å². The van der Waals surface area contributed by atoms with E-state index in [2.05, 4.69) is 25.7 Å². The molecule has 1 aromatic rings. The zero-order chi connectivity index (χ0) is 12.8. The molecule has 3 heteroatoms. The predicted molar refractivity (Wildman–Crippen MR) is 77.8 cm³/mol. The fourth-order valence-corrected chi connectivity index (χ4v) is 2.34. The van der Waals surface area contributed by atoms with Crippen LogP contribution in [0.5, 0.6) is 0 Å². The van der Waals surface area contributed by atoms with Crippen molar-refractivity contribution in [3.05, 3.63) is 23.2 Å². The maximum atomic E-state index is 6.25. The molecule has 2 nitrogen and oxygen atoms in total. The molecule has 0 unspecified atom stereocenters. The first-order chi connectivity index (χ1) is 8.12. The Morgan fingerprint density at radius 2 is 1.88 bits per heavy atom. The SMILES string of the molecule is CCC(CC)CN(CC)c1ccc(N)cc1Cl. The summed E-state index contributed by atoms with van der Waals surface area (Å²) in [5, 5.41) is 0.748. The molecule has 0 bridgehead atoms. The quantitative estimate of drug-likeness (QED) is 0.772. The normalized spacial score (nSPS) is 10.9. The van der Waals surface area contributed by atoms with Crippen molar-refractivity contribution in [2.24, 2.45) is 5.92 Å². The largest absolute Gasteiger partial charge is 0.399 e. The van der Waals surface area contributed by atoms with Gasteiger partial charge in [0.25, 0.3) is 0 Å². The van der Waals surface area contributed by atoms with Crippen LogP contribution >= 0.6 is 11.6 Å². The highest BCUT2D eigenvalue weighted by atomic mass is 35.5. The van der Waals surface area contributed by atoms with E-state index in [0.717, 1.165) is 35.4 Å². The van der Waals surface area contributed by atoms with Gasteiger partial charge in [0.2, 0.25) is 0 Å². The summed E-state index contributed by atoms with van der Waals surface area (Å²) in [5.41, 5.74) is 7.53. The van der Waals surface area contributed by atoms with Crippen LogP contribution in [0.15, 0.2) is 18.2 Å². The minimum absolute atomic E-state index is 0.720. The van der Waals surface area contributed by atoms with E-state index in [-0.39, 0.29) is 0 Å². The summed E-state index contributed by atoms with van der Waals surface area (Å²) in [5.74, 6) is 0.726. The van der Waals surface area contributed by atoms with Gasteiger partial charge in [-0.05, 0) is 31.0 Å².